The van der Waals surface area contributed by atoms with Gasteiger partial charge in [0.25, 0.3) is 0 Å². The van der Waals surface area contributed by atoms with E-state index < -0.39 is 0 Å². The highest BCUT2D eigenvalue weighted by molar-refractivity contribution is 7.99. The van der Waals surface area contributed by atoms with E-state index in [1.54, 1.807) is 0 Å². The Hall–Kier alpha value is -0.840. The standard InChI is InChI=1S/C8H10N2O2S/c11-4-3-7-9-8(12-10-7)6-2-1-5-13-6/h4,6H,1-3,5H2. The lowest BCUT2D eigenvalue weighted by molar-refractivity contribution is -0.107. The van der Waals surface area contributed by atoms with Gasteiger partial charge in [-0.25, -0.2) is 0 Å². The lowest BCUT2D eigenvalue weighted by Gasteiger charge is -1.98. The molecule has 1 unspecified atom stereocenters. The minimum Gasteiger partial charge on any atom is -0.338 e. The topological polar surface area (TPSA) is 56.0 Å². The quantitative estimate of drug-likeness (QED) is 0.687. The summed E-state index contributed by atoms with van der Waals surface area (Å²) < 4.78 is 5.06. The van der Waals surface area contributed by atoms with Crippen LogP contribution >= 0.6 is 11.8 Å². The third-order valence-corrected chi connectivity index (χ3v) is 3.32. The SMILES string of the molecule is O=CCc1noc(C2CCCS2)n1. The molecule has 1 fully saturated rings. The van der Waals surface area contributed by atoms with Gasteiger partial charge in [0.15, 0.2) is 5.82 Å². The van der Waals surface area contributed by atoms with Crippen molar-refractivity contribution in [2.45, 2.75) is 24.5 Å². The van der Waals surface area contributed by atoms with Gasteiger partial charge >= 0.3 is 0 Å². The fourth-order valence-electron chi connectivity index (χ4n) is 1.33. The van der Waals surface area contributed by atoms with E-state index in [2.05, 4.69) is 10.1 Å². The highest BCUT2D eigenvalue weighted by Crippen LogP contribution is 2.38. The first-order valence-corrected chi connectivity index (χ1v) is 5.33. The van der Waals surface area contributed by atoms with Crippen LogP contribution in [0.15, 0.2) is 4.52 Å². The lowest BCUT2D eigenvalue weighted by Crippen LogP contribution is -1.91. The number of aldehydes is 1. The van der Waals surface area contributed by atoms with Gasteiger partial charge in [0.05, 0.1) is 11.7 Å². The molecule has 0 saturated carbocycles. The van der Waals surface area contributed by atoms with Gasteiger partial charge in [0, 0.05) is 0 Å². The van der Waals surface area contributed by atoms with E-state index in [0.717, 1.165) is 18.5 Å². The van der Waals surface area contributed by atoms with E-state index in [-0.39, 0.29) is 6.42 Å². The number of aromatic nitrogens is 2. The highest BCUT2D eigenvalue weighted by atomic mass is 32.2. The van der Waals surface area contributed by atoms with E-state index >= 15 is 0 Å². The molecule has 1 aliphatic rings. The van der Waals surface area contributed by atoms with Gasteiger partial charge in [-0.3, -0.25) is 0 Å². The van der Waals surface area contributed by atoms with Gasteiger partial charge < -0.3 is 9.32 Å². The number of hydrogen-bond acceptors (Lipinski definition) is 5. The maximum atomic E-state index is 10.2. The molecular formula is C8H10N2O2S. The minimum absolute atomic E-state index is 0.251. The average Bonchev–Trinajstić information content (AvgIpc) is 2.70. The van der Waals surface area contributed by atoms with Crippen molar-refractivity contribution in [1.29, 1.82) is 0 Å². The Balaban J connectivity index is 2.07. The van der Waals surface area contributed by atoms with Crippen LogP contribution in [0, 0.1) is 0 Å². The summed E-state index contributed by atoms with van der Waals surface area (Å²) in [6.45, 7) is 0. The van der Waals surface area contributed by atoms with Gasteiger partial charge in [0.2, 0.25) is 5.89 Å². The zero-order chi connectivity index (χ0) is 9.10. The molecule has 4 nitrogen and oxygen atoms in total. The molecule has 0 radical (unpaired) electrons. The Bertz CT molecular complexity index is 294. The van der Waals surface area contributed by atoms with E-state index in [1.807, 2.05) is 11.8 Å². The zero-order valence-corrected chi connectivity index (χ0v) is 7.92. The number of carbonyl (C=O) groups excluding carboxylic acids is 1. The van der Waals surface area contributed by atoms with Gasteiger partial charge in [-0.15, -0.1) is 11.8 Å². The van der Waals surface area contributed by atoms with Crippen molar-refractivity contribution in [1.82, 2.24) is 10.1 Å². The third kappa shape index (κ3) is 1.91. The van der Waals surface area contributed by atoms with Crippen LogP contribution in [-0.2, 0) is 11.2 Å². The smallest absolute Gasteiger partial charge is 0.239 e. The van der Waals surface area contributed by atoms with Crippen LogP contribution in [0.2, 0.25) is 0 Å². The molecule has 1 aliphatic heterocycles. The van der Waals surface area contributed by atoms with E-state index in [4.69, 9.17) is 4.52 Å². The molecule has 0 bridgehead atoms. The predicted molar refractivity (Wildman–Crippen MR) is 48.5 cm³/mol. The molecule has 5 heteroatoms. The molecule has 1 aromatic rings. The second-order valence-corrected chi connectivity index (χ2v) is 4.23. The van der Waals surface area contributed by atoms with Crippen LogP contribution in [-0.4, -0.2) is 22.2 Å². The van der Waals surface area contributed by atoms with Crippen molar-refractivity contribution in [3.8, 4) is 0 Å². The van der Waals surface area contributed by atoms with Gasteiger partial charge in [-0.05, 0) is 18.6 Å². The van der Waals surface area contributed by atoms with Crippen molar-refractivity contribution in [2.24, 2.45) is 0 Å². The molecule has 0 spiro atoms. The Morgan fingerprint density at radius 3 is 3.31 bits per heavy atom. The van der Waals surface area contributed by atoms with Crippen molar-refractivity contribution in [2.75, 3.05) is 5.75 Å². The molecule has 1 aromatic heterocycles. The Morgan fingerprint density at radius 1 is 1.69 bits per heavy atom. The van der Waals surface area contributed by atoms with Gasteiger partial charge in [0.1, 0.15) is 6.29 Å². The van der Waals surface area contributed by atoms with E-state index in [0.29, 0.717) is 17.0 Å². The Kier molecular flexibility index (Phi) is 2.63. The zero-order valence-electron chi connectivity index (χ0n) is 7.10. The summed E-state index contributed by atoms with van der Waals surface area (Å²) in [5.74, 6) is 2.34. The summed E-state index contributed by atoms with van der Waals surface area (Å²) in [6, 6.07) is 0. The molecule has 1 saturated heterocycles. The number of thioether (sulfide) groups is 1. The van der Waals surface area contributed by atoms with Crippen molar-refractivity contribution in [3.05, 3.63) is 11.7 Å². The number of hydrogen-bond donors (Lipinski definition) is 0. The summed E-state index contributed by atoms with van der Waals surface area (Å²) in [4.78, 5) is 14.3. The summed E-state index contributed by atoms with van der Waals surface area (Å²) in [5.41, 5.74) is 0. The van der Waals surface area contributed by atoms with Gasteiger partial charge in [-0.2, -0.15) is 4.98 Å². The predicted octanol–water partition coefficient (Wildman–Crippen LogP) is 1.38. The maximum Gasteiger partial charge on any atom is 0.239 e. The third-order valence-electron chi connectivity index (χ3n) is 1.95. The first kappa shape index (κ1) is 8.74. The fraction of sp³-hybridized carbons (Fsp3) is 0.625. The summed E-state index contributed by atoms with van der Waals surface area (Å²) in [7, 11) is 0. The van der Waals surface area contributed by atoms with Crippen molar-refractivity contribution in [3.63, 3.8) is 0 Å². The first-order valence-electron chi connectivity index (χ1n) is 4.28. The number of rotatable bonds is 3. The van der Waals surface area contributed by atoms with E-state index in [9.17, 15) is 4.79 Å². The molecule has 2 rings (SSSR count). The molecule has 0 amide bonds. The number of carbonyl (C=O) groups is 1. The summed E-state index contributed by atoms with van der Waals surface area (Å²) in [6.07, 6.45) is 3.35. The molecular weight excluding hydrogens is 188 g/mol. The Morgan fingerprint density at radius 2 is 2.62 bits per heavy atom. The molecule has 0 aliphatic carbocycles. The summed E-state index contributed by atoms with van der Waals surface area (Å²) >= 11 is 1.84. The van der Waals surface area contributed by atoms with Crippen molar-refractivity contribution >= 4 is 18.0 Å². The minimum atomic E-state index is 0.251. The van der Waals surface area contributed by atoms with Crippen LogP contribution < -0.4 is 0 Å². The van der Waals surface area contributed by atoms with Crippen LogP contribution in [0.25, 0.3) is 0 Å². The van der Waals surface area contributed by atoms with Gasteiger partial charge in [-0.1, -0.05) is 5.16 Å². The van der Waals surface area contributed by atoms with E-state index in [1.165, 1.54) is 6.42 Å². The second-order valence-electron chi connectivity index (χ2n) is 2.92. The second kappa shape index (κ2) is 3.91. The molecule has 70 valence electrons. The maximum absolute atomic E-state index is 10.2. The molecule has 0 N–H and O–H groups in total. The average molecular weight is 198 g/mol. The molecule has 0 aromatic carbocycles. The van der Waals surface area contributed by atoms with Crippen LogP contribution in [0.3, 0.4) is 0 Å². The molecule has 2 heterocycles. The number of nitrogens with zero attached hydrogens (tertiary/aromatic N) is 2. The molecule has 1 atom stereocenters. The highest BCUT2D eigenvalue weighted by Gasteiger charge is 2.23. The summed E-state index contributed by atoms with van der Waals surface area (Å²) in [5, 5.41) is 4.07. The fourth-order valence-corrected chi connectivity index (χ4v) is 2.52. The Labute approximate surface area is 80.1 Å². The van der Waals surface area contributed by atoms with Crippen LogP contribution in [0.4, 0.5) is 0 Å². The largest absolute Gasteiger partial charge is 0.338 e. The normalized spacial score (nSPS) is 22.0. The monoisotopic (exact) mass is 198 g/mol. The van der Waals surface area contributed by atoms with Crippen LogP contribution in [0.5, 0.6) is 0 Å². The first-order chi connectivity index (χ1) is 6.40. The van der Waals surface area contributed by atoms with Crippen LogP contribution in [0.1, 0.15) is 29.8 Å². The lowest BCUT2D eigenvalue weighted by atomic mass is 10.2. The molecule has 13 heavy (non-hydrogen) atoms. The van der Waals surface area contributed by atoms with Crippen molar-refractivity contribution < 1.29 is 9.32 Å².